The van der Waals surface area contributed by atoms with E-state index in [1.165, 1.54) is 0 Å². The number of aromatic amines is 2. The molecule has 2 unspecified atom stereocenters. The first kappa shape index (κ1) is 30.2. The molecule has 46 heavy (non-hydrogen) atoms. The summed E-state index contributed by atoms with van der Waals surface area (Å²) in [4.78, 5) is 44.8. The Morgan fingerprint density at radius 1 is 0.696 bits per heavy atom. The number of amides is 2. The van der Waals surface area contributed by atoms with Gasteiger partial charge >= 0.3 is 0 Å². The minimum absolute atomic E-state index is 0.0106. The Bertz CT molecular complexity index is 2180. The van der Waals surface area contributed by atoms with Crippen LogP contribution in [0, 0.1) is 0 Å². The van der Waals surface area contributed by atoms with Crippen LogP contribution < -0.4 is 10.6 Å². The average Bonchev–Trinajstić information content (AvgIpc) is 3.76. The first-order valence-corrected chi connectivity index (χ1v) is 16.3. The van der Waals surface area contributed by atoms with Crippen LogP contribution in [0.4, 0.5) is 0 Å². The average molecular weight is 739 g/mol. The maximum Gasteiger partial charge on any atom is 0.252 e. The third-order valence-electron chi connectivity index (χ3n) is 8.46. The molecule has 8 nitrogen and oxygen atoms in total. The third kappa shape index (κ3) is 5.26. The lowest BCUT2D eigenvalue weighted by Gasteiger charge is -2.16. The van der Waals surface area contributed by atoms with Crippen molar-refractivity contribution in [3.05, 3.63) is 139 Å². The van der Waals surface area contributed by atoms with E-state index in [1.807, 2.05) is 80.8 Å². The Labute approximate surface area is 281 Å². The van der Waals surface area contributed by atoms with Gasteiger partial charge in [-0.3, -0.25) is 14.4 Å². The van der Waals surface area contributed by atoms with Crippen molar-refractivity contribution in [3.63, 3.8) is 0 Å². The topological polar surface area (TPSA) is 110 Å². The molecule has 0 fully saturated rings. The van der Waals surface area contributed by atoms with Crippen LogP contribution >= 0.6 is 31.9 Å². The van der Waals surface area contributed by atoms with Crippen LogP contribution in [-0.4, -0.2) is 47.1 Å². The molecule has 2 atom stereocenters. The highest BCUT2D eigenvalue weighted by Gasteiger charge is 2.34. The number of benzene rings is 4. The Hall–Kier alpha value is -4.51. The highest BCUT2D eigenvalue weighted by molar-refractivity contribution is 9.10. The van der Waals surface area contributed by atoms with Gasteiger partial charge in [-0.05, 0) is 73.8 Å². The Balaban J connectivity index is 0.000000147. The summed E-state index contributed by atoms with van der Waals surface area (Å²) in [6.45, 7) is 0.791. The van der Waals surface area contributed by atoms with Crippen LogP contribution in [0.1, 0.15) is 71.2 Å². The van der Waals surface area contributed by atoms with Gasteiger partial charge in [0.15, 0.2) is 6.29 Å². The van der Waals surface area contributed by atoms with Gasteiger partial charge in [0.05, 0.1) is 17.8 Å². The predicted octanol–water partition coefficient (Wildman–Crippen LogP) is 7.40. The third-order valence-corrected chi connectivity index (χ3v) is 9.45. The Morgan fingerprint density at radius 2 is 1.20 bits per heavy atom. The van der Waals surface area contributed by atoms with Crippen molar-refractivity contribution < 1.29 is 14.4 Å². The first-order chi connectivity index (χ1) is 22.2. The van der Waals surface area contributed by atoms with Crippen molar-refractivity contribution in [2.45, 2.75) is 18.6 Å². The van der Waals surface area contributed by atoms with Gasteiger partial charge < -0.3 is 25.5 Å². The van der Waals surface area contributed by atoms with Gasteiger partial charge in [0.2, 0.25) is 0 Å². The number of H-pyrrole nitrogens is 2. The lowest BCUT2D eigenvalue weighted by atomic mass is 9.95. The molecule has 0 radical (unpaired) electrons. The van der Waals surface area contributed by atoms with E-state index in [2.05, 4.69) is 69.5 Å². The number of nitrogens with one attached hydrogen (secondary N) is 4. The highest BCUT2D eigenvalue weighted by Crippen LogP contribution is 2.39. The summed E-state index contributed by atoms with van der Waals surface area (Å²) in [6.07, 6.45) is 0.803. The fourth-order valence-electron chi connectivity index (χ4n) is 6.57. The summed E-state index contributed by atoms with van der Waals surface area (Å²) in [5.41, 5.74) is 8.91. The smallest absolute Gasteiger partial charge is 0.252 e. The lowest BCUT2D eigenvalue weighted by molar-refractivity contribution is 0.0952. The van der Waals surface area contributed by atoms with Crippen LogP contribution in [0.3, 0.4) is 0 Å². The summed E-state index contributed by atoms with van der Waals surface area (Å²) in [6, 6.07) is 26.9. The van der Waals surface area contributed by atoms with E-state index in [0.29, 0.717) is 11.3 Å². The quantitative estimate of drug-likeness (QED) is 0.138. The van der Waals surface area contributed by atoms with Crippen molar-refractivity contribution in [1.82, 2.24) is 25.5 Å². The van der Waals surface area contributed by atoms with Crippen molar-refractivity contribution in [2.24, 2.45) is 0 Å². The normalized spacial score (nSPS) is 16.6. The number of para-hydroxylation sites is 2. The number of carbonyl (C=O) groups excluding carboxylic acids is 3. The van der Waals surface area contributed by atoms with E-state index in [0.717, 1.165) is 77.1 Å². The van der Waals surface area contributed by atoms with Gasteiger partial charge in [0.1, 0.15) is 0 Å². The Morgan fingerprint density at radius 3 is 1.74 bits per heavy atom. The minimum Gasteiger partial charge on any atom is -0.357 e. The molecule has 0 spiro atoms. The molecular weight excluding hydrogens is 710 g/mol. The number of aromatic nitrogens is 2. The molecule has 6 aromatic rings. The van der Waals surface area contributed by atoms with E-state index >= 15 is 0 Å². The second-order valence-electron chi connectivity index (χ2n) is 11.7. The maximum absolute atomic E-state index is 12.4. The van der Waals surface area contributed by atoms with Gasteiger partial charge in [-0.1, -0.05) is 68.3 Å². The van der Waals surface area contributed by atoms with Gasteiger partial charge in [-0.15, -0.1) is 0 Å². The molecule has 230 valence electrons. The lowest BCUT2D eigenvalue weighted by Crippen LogP contribution is -2.22. The van der Waals surface area contributed by atoms with Gasteiger partial charge in [0.25, 0.3) is 11.8 Å². The zero-order chi connectivity index (χ0) is 32.1. The molecule has 4 N–H and O–H groups in total. The van der Waals surface area contributed by atoms with Crippen LogP contribution in [0.15, 0.2) is 93.9 Å². The second-order valence-corrected chi connectivity index (χ2v) is 13.5. The van der Waals surface area contributed by atoms with Crippen LogP contribution in [-0.2, 0) is 6.54 Å². The van der Waals surface area contributed by atoms with Crippen molar-refractivity contribution in [1.29, 1.82) is 0 Å². The summed E-state index contributed by atoms with van der Waals surface area (Å²) in [5.74, 6) is -0.127. The molecule has 2 amide bonds. The highest BCUT2D eigenvalue weighted by atomic mass is 79.9. The number of aldehydes is 1. The molecule has 0 aliphatic carbocycles. The fourth-order valence-corrected chi connectivity index (χ4v) is 7.32. The number of hydrogen-bond donors (Lipinski definition) is 4. The first-order valence-electron chi connectivity index (χ1n) is 14.7. The molecule has 2 aliphatic rings. The van der Waals surface area contributed by atoms with Crippen molar-refractivity contribution in [2.75, 3.05) is 14.1 Å². The number of rotatable bonds is 5. The van der Waals surface area contributed by atoms with E-state index in [1.54, 1.807) is 6.07 Å². The number of fused-ring (bicyclic) bond motifs is 4. The molecule has 2 aromatic heterocycles. The van der Waals surface area contributed by atoms with E-state index in [9.17, 15) is 14.4 Å². The number of halogens is 2. The van der Waals surface area contributed by atoms with E-state index in [4.69, 9.17) is 0 Å². The summed E-state index contributed by atoms with van der Waals surface area (Å²) in [5, 5.41) is 8.24. The predicted molar refractivity (Wildman–Crippen MR) is 186 cm³/mol. The molecule has 0 saturated carbocycles. The molecule has 4 heterocycles. The number of hydrogen-bond acceptors (Lipinski definition) is 4. The van der Waals surface area contributed by atoms with Gasteiger partial charge in [-0.25, -0.2) is 0 Å². The zero-order valence-electron chi connectivity index (χ0n) is 24.9. The SMILES string of the molecule is CN(C)Cc1[nH]c2ccccc2c1C1NC(=O)c2ccc(Br)cc21.O=Cc1[nH]c2ccccc2c1C1NC(=O)c2ccc(Br)cc21. The molecule has 0 saturated heterocycles. The number of nitrogens with zero attached hydrogens (tertiary/aromatic N) is 1. The van der Waals surface area contributed by atoms with E-state index in [-0.39, 0.29) is 23.9 Å². The van der Waals surface area contributed by atoms with E-state index < -0.39 is 0 Å². The summed E-state index contributed by atoms with van der Waals surface area (Å²) >= 11 is 6.97. The maximum atomic E-state index is 12.4. The van der Waals surface area contributed by atoms with Gasteiger partial charge in [-0.2, -0.15) is 0 Å². The minimum atomic E-state index is -0.323. The number of carbonyl (C=O) groups is 3. The zero-order valence-corrected chi connectivity index (χ0v) is 28.1. The van der Waals surface area contributed by atoms with Crippen LogP contribution in [0.2, 0.25) is 0 Å². The Kier molecular flexibility index (Phi) is 7.88. The monoisotopic (exact) mass is 737 g/mol. The second kappa shape index (κ2) is 12.0. The molecule has 2 aliphatic heterocycles. The fraction of sp³-hybridized carbons (Fsp3) is 0.139. The van der Waals surface area contributed by atoms with Crippen molar-refractivity contribution in [3.8, 4) is 0 Å². The standard InChI is InChI=1S/C19H18BrN3O.C17H11BrN2O2/c1-23(2)10-16-17(13-5-3-4-6-15(13)21-16)18-14-9-11(20)7-8-12(14)19(24)22-18;18-9-5-6-10-12(7-9)16(20-17(10)22)15-11-3-1-2-4-13(11)19-14(15)8-21/h3-9,18,21H,10H2,1-2H3,(H,22,24);1-8,16,19H,(H,20,22). The molecule has 0 bridgehead atoms. The molecule has 4 aromatic carbocycles. The largest absolute Gasteiger partial charge is 0.357 e. The molecule has 10 heteroatoms. The molecular formula is C36H29Br2N5O3. The van der Waals surface area contributed by atoms with Crippen LogP contribution in [0.25, 0.3) is 21.8 Å². The van der Waals surface area contributed by atoms with Crippen LogP contribution in [0.5, 0.6) is 0 Å². The summed E-state index contributed by atoms with van der Waals surface area (Å²) in [7, 11) is 4.10. The van der Waals surface area contributed by atoms with Crippen molar-refractivity contribution >= 4 is 71.8 Å². The summed E-state index contributed by atoms with van der Waals surface area (Å²) < 4.78 is 1.89. The van der Waals surface area contributed by atoms with Gasteiger partial charge in [0, 0.05) is 65.2 Å². The molecule has 8 rings (SSSR count).